The van der Waals surface area contributed by atoms with Crippen LogP contribution >= 0.6 is 0 Å². The van der Waals surface area contributed by atoms with Crippen LogP contribution in [0.2, 0.25) is 0 Å². The zero-order valence-corrected chi connectivity index (χ0v) is 24.0. The summed E-state index contributed by atoms with van der Waals surface area (Å²) in [5.74, 6) is 0.0645. The van der Waals surface area contributed by atoms with Crippen molar-refractivity contribution in [3.8, 4) is 0 Å². The Morgan fingerprint density at radius 3 is 2.55 bits per heavy atom. The van der Waals surface area contributed by atoms with E-state index < -0.39 is 11.7 Å². The lowest BCUT2D eigenvalue weighted by molar-refractivity contribution is -0.126. The van der Waals surface area contributed by atoms with Crippen molar-refractivity contribution < 1.29 is 19.1 Å². The van der Waals surface area contributed by atoms with Gasteiger partial charge in [0.15, 0.2) is 0 Å². The Hall–Kier alpha value is -2.86. The fraction of sp³-hybridized carbons (Fsp3) is 0.562. The van der Waals surface area contributed by atoms with E-state index in [1.54, 1.807) is 0 Å². The molecule has 2 amide bonds. The number of hydrogen-bond acceptors (Lipinski definition) is 4. The molecule has 0 radical (unpaired) electrons. The Kier molecular flexibility index (Phi) is 10.00. The van der Waals surface area contributed by atoms with E-state index in [-0.39, 0.29) is 35.1 Å². The smallest absolute Gasteiger partial charge is 0.407 e. The third kappa shape index (κ3) is 9.16. The number of hydrogen-bond donors (Lipinski definition) is 2. The molecule has 0 aromatic heterocycles. The summed E-state index contributed by atoms with van der Waals surface area (Å²) in [6.45, 7) is 17.3. The van der Waals surface area contributed by atoms with Gasteiger partial charge >= 0.3 is 6.09 Å². The summed E-state index contributed by atoms with van der Waals surface area (Å²) in [4.78, 5) is 25.7. The number of piperidine rings is 1. The van der Waals surface area contributed by atoms with Gasteiger partial charge in [-0.1, -0.05) is 61.9 Å². The molecule has 6 nitrogen and oxygen atoms in total. The van der Waals surface area contributed by atoms with Crippen LogP contribution in [0.25, 0.3) is 0 Å². The van der Waals surface area contributed by atoms with E-state index in [1.807, 2.05) is 58.0 Å². The number of allylic oxidation sites excluding steroid dienone is 4. The highest BCUT2D eigenvalue weighted by Crippen LogP contribution is 2.41. The summed E-state index contributed by atoms with van der Waals surface area (Å²) in [7, 11) is 0. The van der Waals surface area contributed by atoms with E-state index in [0.717, 1.165) is 36.1 Å². The molecule has 1 unspecified atom stereocenters. The van der Waals surface area contributed by atoms with Crippen LogP contribution in [0.1, 0.15) is 72.8 Å². The molecule has 1 aliphatic heterocycles. The normalized spacial score (nSPS) is 22.1. The maximum atomic E-state index is 13.0. The molecule has 208 valence electrons. The molecule has 2 aliphatic rings. The zero-order valence-electron chi connectivity index (χ0n) is 24.0. The number of nitrogens with one attached hydrogen (secondary N) is 2. The maximum Gasteiger partial charge on any atom is 0.407 e. The van der Waals surface area contributed by atoms with Crippen molar-refractivity contribution in [2.75, 3.05) is 6.61 Å². The Morgan fingerprint density at radius 2 is 1.89 bits per heavy atom. The van der Waals surface area contributed by atoms with E-state index >= 15 is 0 Å². The molecule has 0 bridgehead atoms. The number of carbonyl (C=O) groups excluding carboxylic acids is 2. The van der Waals surface area contributed by atoms with Crippen LogP contribution in [0.3, 0.4) is 0 Å². The molecule has 1 aromatic rings. The second-order valence-corrected chi connectivity index (χ2v) is 12.7. The van der Waals surface area contributed by atoms with Gasteiger partial charge in [-0.25, -0.2) is 4.79 Å². The van der Waals surface area contributed by atoms with E-state index in [2.05, 4.69) is 49.3 Å². The van der Waals surface area contributed by atoms with Gasteiger partial charge in [-0.3, -0.25) is 4.79 Å². The van der Waals surface area contributed by atoms with Gasteiger partial charge < -0.3 is 20.1 Å². The molecule has 38 heavy (non-hydrogen) atoms. The average Bonchev–Trinajstić information content (AvgIpc) is 2.80. The van der Waals surface area contributed by atoms with E-state index in [0.29, 0.717) is 19.6 Å². The minimum absolute atomic E-state index is 0.0280. The molecule has 1 heterocycles. The quantitative estimate of drug-likeness (QED) is 0.251. The summed E-state index contributed by atoms with van der Waals surface area (Å²) in [6, 6.07) is 10.0. The molecule has 6 heteroatoms. The first-order valence-electron chi connectivity index (χ1n) is 13.8. The molecular formula is C32H46N2O4. The first-order valence-corrected chi connectivity index (χ1v) is 13.8. The number of rotatable bonds is 11. The van der Waals surface area contributed by atoms with Gasteiger partial charge in [0.2, 0.25) is 5.91 Å². The number of benzene rings is 1. The first kappa shape index (κ1) is 29.7. The van der Waals surface area contributed by atoms with Crippen LogP contribution in [0, 0.1) is 23.2 Å². The van der Waals surface area contributed by atoms with Crippen LogP contribution in [-0.4, -0.2) is 30.3 Å². The maximum absolute atomic E-state index is 13.0. The van der Waals surface area contributed by atoms with Crippen molar-refractivity contribution >= 4 is 12.0 Å². The lowest BCUT2D eigenvalue weighted by Gasteiger charge is -2.42. The molecule has 0 saturated carbocycles. The van der Waals surface area contributed by atoms with Gasteiger partial charge in [-0.05, 0) is 70.4 Å². The van der Waals surface area contributed by atoms with Crippen LogP contribution in [0.15, 0.2) is 66.4 Å². The number of ether oxygens (including phenoxy) is 2. The summed E-state index contributed by atoms with van der Waals surface area (Å²) >= 11 is 0. The second-order valence-electron chi connectivity index (χ2n) is 12.7. The number of alkyl carbamates (subject to hydrolysis) is 1. The van der Waals surface area contributed by atoms with Crippen molar-refractivity contribution in [2.24, 2.45) is 23.2 Å². The molecule has 1 aromatic carbocycles. The highest BCUT2D eigenvalue weighted by molar-refractivity contribution is 5.82. The third-order valence-electron chi connectivity index (χ3n) is 7.22. The van der Waals surface area contributed by atoms with Crippen LogP contribution in [0.5, 0.6) is 0 Å². The average molecular weight is 523 g/mol. The van der Waals surface area contributed by atoms with E-state index in [4.69, 9.17) is 9.47 Å². The molecule has 3 rings (SSSR count). The minimum Gasteiger partial charge on any atom is -0.444 e. The number of fused-ring (bicyclic) bond motifs is 1. The Bertz CT molecular complexity index is 1040. The Morgan fingerprint density at radius 1 is 1.18 bits per heavy atom. The predicted octanol–water partition coefficient (Wildman–Crippen LogP) is 6.69. The fourth-order valence-corrected chi connectivity index (χ4v) is 5.39. The summed E-state index contributed by atoms with van der Waals surface area (Å²) in [6.07, 6.45) is 8.74. The molecule has 1 saturated heterocycles. The summed E-state index contributed by atoms with van der Waals surface area (Å²) in [5.41, 5.74) is 2.40. The standard InChI is InChI=1S/C32H46N2O4/c1-22(2)18-24-19-26-25(14-11-15-27(26)33-29(24)35)28(34-30(36)38-31(3,4)5)20-32(6,7)16-17-37-21-23-12-9-8-10-13-23/h8-15,24-26,28H,1,16-21H2,2-7H3,(H,33,35)(H,34,36)/t24-,25-,26?,28-/m0/s1. The molecule has 1 fully saturated rings. The SMILES string of the molecule is C=C(C)C[C@H]1CC2C(=CC=C[C@@H]2[C@H](CC(C)(C)CCOCc2ccccc2)NC(=O)OC(C)(C)C)NC1=O. The predicted molar refractivity (Wildman–Crippen MR) is 152 cm³/mol. The monoisotopic (exact) mass is 522 g/mol. The van der Waals surface area contributed by atoms with Crippen molar-refractivity contribution in [2.45, 2.75) is 85.5 Å². The second kappa shape index (κ2) is 12.8. The van der Waals surface area contributed by atoms with Crippen LogP contribution in [0.4, 0.5) is 4.79 Å². The number of carbonyl (C=O) groups is 2. The minimum atomic E-state index is -0.589. The highest BCUT2D eigenvalue weighted by Gasteiger charge is 2.41. The highest BCUT2D eigenvalue weighted by atomic mass is 16.6. The van der Waals surface area contributed by atoms with Crippen LogP contribution < -0.4 is 10.6 Å². The molecule has 0 spiro atoms. The van der Waals surface area contributed by atoms with E-state index in [9.17, 15) is 9.59 Å². The number of amides is 2. The van der Waals surface area contributed by atoms with Crippen molar-refractivity contribution in [3.63, 3.8) is 0 Å². The molecular weight excluding hydrogens is 476 g/mol. The van der Waals surface area contributed by atoms with Gasteiger partial charge in [-0.2, -0.15) is 0 Å². The Balaban J connectivity index is 1.73. The van der Waals surface area contributed by atoms with Gasteiger partial charge in [0.1, 0.15) is 5.60 Å². The lowest BCUT2D eigenvalue weighted by Crippen LogP contribution is -2.51. The van der Waals surface area contributed by atoms with Crippen LogP contribution in [-0.2, 0) is 20.9 Å². The molecule has 4 atom stereocenters. The fourth-order valence-electron chi connectivity index (χ4n) is 5.39. The van der Waals surface area contributed by atoms with Gasteiger partial charge in [0.25, 0.3) is 0 Å². The van der Waals surface area contributed by atoms with Gasteiger partial charge in [0, 0.05) is 36.1 Å². The summed E-state index contributed by atoms with van der Waals surface area (Å²) in [5, 5.41) is 6.34. The zero-order chi connectivity index (χ0) is 27.9. The van der Waals surface area contributed by atoms with Crippen molar-refractivity contribution in [1.82, 2.24) is 10.6 Å². The first-order chi connectivity index (χ1) is 17.8. The van der Waals surface area contributed by atoms with Crippen molar-refractivity contribution in [3.05, 3.63) is 72.0 Å². The lowest BCUT2D eigenvalue weighted by atomic mass is 9.69. The van der Waals surface area contributed by atoms with Crippen molar-refractivity contribution in [1.29, 1.82) is 0 Å². The van der Waals surface area contributed by atoms with Gasteiger partial charge in [0.05, 0.1) is 6.61 Å². The molecule has 2 N–H and O–H groups in total. The summed E-state index contributed by atoms with van der Waals surface area (Å²) < 4.78 is 11.6. The molecule has 1 aliphatic carbocycles. The topological polar surface area (TPSA) is 76.7 Å². The largest absolute Gasteiger partial charge is 0.444 e. The third-order valence-corrected chi connectivity index (χ3v) is 7.22. The van der Waals surface area contributed by atoms with Gasteiger partial charge in [-0.15, -0.1) is 6.58 Å². The van der Waals surface area contributed by atoms with E-state index in [1.165, 1.54) is 0 Å². The Labute approximate surface area is 228 Å².